The minimum Gasteiger partial charge on any atom is -0.383 e. The molecule has 0 saturated heterocycles. The second-order valence-electron chi connectivity index (χ2n) is 6.12. The number of hydrogen-bond donors (Lipinski definition) is 2. The van der Waals surface area contributed by atoms with E-state index in [0.717, 1.165) is 23.5 Å². The predicted molar refractivity (Wildman–Crippen MR) is 103 cm³/mol. The fourth-order valence-corrected chi connectivity index (χ4v) is 2.96. The molecule has 1 aliphatic heterocycles. The summed E-state index contributed by atoms with van der Waals surface area (Å²) in [6.45, 7) is 3.61. The van der Waals surface area contributed by atoms with Crippen LogP contribution < -0.4 is 15.5 Å². The number of hydrogen-bond acceptors (Lipinski definition) is 4. The van der Waals surface area contributed by atoms with Gasteiger partial charge < -0.3 is 20.3 Å². The molecular formula is C20H23N3O2. The van der Waals surface area contributed by atoms with Crippen molar-refractivity contribution in [2.24, 2.45) is 0 Å². The van der Waals surface area contributed by atoms with E-state index in [0.29, 0.717) is 12.2 Å². The number of carbonyl (C=O) groups excluding carboxylic acids is 1. The summed E-state index contributed by atoms with van der Waals surface area (Å²) in [5, 5.41) is 6.11. The summed E-state index contributed by atoms with van der Waals surface area (Å²) in [6.07, 6.45) is 1.77. The van der Waals surface area contributed by atoms with Gasteiger partial charge in [-0.2, -0.15) is 0 Å². The zero-order chi connectivity index (χ0) is 17.8. The molecule has 0 radical (unpaired) electrons. The number of nitrogens with zero attached hydrogens (tertiary/aromatic N) is 1. The minimum absolute atomic E-state index is 0.0821. The Labute approximate surface area is 148 Å². The Balaban J connectivity index is 1.76. The van der Waals surface area contributed by atoms with Gasteiger partial charge in [0.2, 0.25) is 0 Å². The molecule has 0 atom stereocenters. The van der Waals surface area contributed by atoms with Crippen LogP contribution in [0.2, 0.25) is 0 Å². The third-order valence-corrected chi connectivity index (χ3v) is 4.33. The largest absolute Gasteiger partial charge is 0.383 e. The number of carbonyl (C=O) groups is 1. The number of benzene rings is 2. The van der Waals surface area contributed by atoms with Gasteiger partial charge in [-0.05, 0) is 36.8 Å². The Bertz CT molecular complexity index is 814. The summed E-state index contributed by atoms with van der Waals surface area (Å²) in [6, 6.07) is 13.9. The minimum atomic E-state index is -0.0821. The highest BCUT2D eigenvalue weighted by Crippen LogP contribution is 2.31. The summed E-state index contributed by atoms with van der Waals surface area (Å²) in [4.78, 5) is 14.3. The van der Waals surface area contributed by atoms with Crippen LogP contribution in [0.4, 0.5) is 17.1 Å². The first-order chi connectivity index (χ1) is 12.1. The van der Waals surface area contributed by atoms with Gasteiger partial charge in [-0.1, -0.05) is 18.2 Å². The molecule has 5 heteroatoms. The molecule has 3 rings (SSSR count). The highest BCUT2D eigenvalue weighted by molar-refractivity contribution is 6.31. The van der Waals surface area contributed by atoms with Crippen LogP contribution in [0.25, 0.3) is 5.57 Å². The molecule has 0 bridgehead atoms. The average molecular weight is 337 g/mol. The molecule has 0 aromatic heterocycles. The van der Waals surface area contributed by atoms with Gasteiger partial charge in [0.1, 0.15) is 0 Å². The van der Waals surface area contributed by atoms with E-state index in [9.17, 15) is 4.79 Å². The SMILES string of the molecule is COCCN(C)c1ccc(N/C=C2/C(=O)Nc3ccccc32)cc1C. The van der Waals surface area contributed by atoms with E-state index in [-0.39, 0.29) is 5.91 Å². The molecule has 130 valence electrons. The maximum Gasteiger partial charge on any atom is 0.257 e. The first-order valence-corrected chi connectivity index (χ1v) is 8.28. The van der Waals surface area contributed by atoms with Crippen molar-refractivity contribution < 1.29 is 9.53 Å². The van der Waals surface area contributed by atoms with E-state index in [4.69, 9.17) is 4.74 Å². The first-order valence-electron chi connectivity index (χ1n) is 8.28. The number of amides is 1. The van der Waals surface area contributed by atoms with Crippen molar-refractivity contribution in [3.05, 3.63) is 59.8 Å². The van der Waals surface area contributed by atoms with Gasteiger partial charge >= 0.3 is 0 Å². The van der Waals surface area contributed by atoms with Crippen LogP contribution in [0.15, 0.2) is 48.7 Å². The van der Waals surface area contributed by atoms with Crippen molar-refractivity contribution in [1.82, 2.24) is 0 Å². The zero-order valence-electron chi connectivity index (χ0n) is 14.8. The molecule has 0 saturated carbocycles. The molecule has 25 heavy (non-hydrogen) atoms. The number of anilines is 3. The number of para-hydroxylation sites is 1. The summed E-state index contributed by atoms with van der Waals surface area (Å²) in [5.74, 6) is -0.0821. The Hall–Kier alpha value is -2.79. The lowest BCUT2D eigenvalue weighted by Crippen LogP contribution is -2.22. The van der Waals surface area contributed by atoms with Crippen LogP contribution in [0.1, 0.15) is 11.1 Å². The van der Waals surface area contributed by atoms with Crippen molar-refractivity contribution in [2.75, 3.05) is 42.8 Å². The number of methoxy groups -OCH3 is 1. The van der Waals surface area contributed by atoms with Gasteiger partial charge in [0.25, 0.3) is 5.91 Å². The van der Waals surface area contributed by atoms with E-state index in [1.54, 1.807) is 13.3 Å². The fourth-order valence-electron chi connectivity index (χ4n) is 2.96. The van der Waals surface area contributed by atoms with E-state index < -0.39 is 0 Å². The Morgan fingerprint density at radius 2 is 2.04 bits per heavy atom. The molecule has 1 amide bonds. The van der Waals surface area contributed by atoms with Crippen LogP contribution >= 0.6 is 0 Å². The molecular weight excluding hydrogens is 314 g/mol. The molecule has 5 nitrogen and oxygen atoms in total. The third kappa shape index (κ3) is 3.67. The number of ether oxygens (including phenoxy) is 1. The Kier molecular flexibility index (Phi) is 5.05. The summed E-state index contributed by atoms with van der Waals surface area (Å²) in [7, 11) is 3.76. The normalized spacial score (nSPS) is 14.4. The van der Waals surface area contributed by atoms with Crippen LogP contribution in [-0.4, -0.2) is 33.2 Å². The average Bonchev–Trinajstić information content (AvgIpc) is 2.93. The second-order valence-corrected chi connectivity index (χ2v) is 6.12. The second kappa shape index (κ2) is 7.40. The van der Waals surface area contributed by atoms with Crippen molar-refractivity contribution in [3.63, 3.8) is 0 Å². The van der Waals surface area contributed by atoms with Gasteiger partial charge in [-0.15, -0.1) is 0 Å². The summed E-state index contributed by atoms with van der Waals surface area (Å²) < 4.78 is 5.13. The maximum absolute atomic E-state index is 12.1. The zero-order valence-corrected chi connectivity index (χ0v) is 14.8. The number of fused-ring (bicyclic) bond motifs is 1. The van der Waals surface area contributed by atoms with Gasteiger partial charge in [0.05, 0.1) is 12.2 Å². The molecule has 2 N–H and O–H groups in total. The van der Waals surface area contributed by atoms with E-state index >= 15 is 0 Å². The summed E-state index contributed by atoms with van der Waals surface area (Å²) in [5.41, 5.74) is 5.71. The van der Waals surface area contributed by atoms with Gasteiger partial charge in [0, 0.05) is 49.5 Å². The Morgan fingerprint density at radius 3 is 2.80 bits per heavy atom. The van der Waals surface area contributed by atoms with Crippen LogP contribution in [0, 0.1) is 6.92 Å². The molecule has 0 spiro atoms. The Morgan fingerprint density at radius 1 is 1.24 bits per heavy atom. The van der Waals surface area contributed by atoms with Crippen LogP contribution in [0.3, 0.4) is 0 Å². The molecule has 0 aliphatic carbocycles. The predicted octanol–water partition coefficient (Wildman–Crippen LogP) is 3.48. The van der Waals surface area contributed by atoms with E-state index in [1.807, 2.05) is 30.3 Å². The van der Waals surface area contributed by atoms with Crippen molar-refractivity contribution in [2.45, 2.75) is 6.92 Å². The lowest BCUT2D eigenvalue weighted by atomic mass is 10.1. The highest BCUT2D eigenvalue weighted by atomic mass is 16.5. The summed E-state index contributed by atoms with van der Waals surface area (Å²) >= 11 is 0. The van der Waals surface area contributed by atoms with E-state index in [1.165, 1.54) is 11.3 Å². The molecule has 0 fully saturated rings. The van der Waals surface area contributed by atoms with E-state index in [2.05, 4.69) is 41.6 Å². The van der Waals surface area contributed by atoms with Crippen LogP contribution in [-0.2, 0) is 9.53 Å². The van der Waals surface area contributed by atoms with Gasteiger partial charge in [0.15, 0.2) is 0 Å². The molecule has 2 aromatic rings. The topological polar surface area (TPSA) is 53.6 Å². The molecule has 1 heterocycles. The van der Waals surface area contributed by atoms with Gasteiger partial charge in [-0.3, -0.25) is 4.79 Å². The lowest BCUT2D eigenvalue weighted by Gasteiger charge is -2.21. The molecule has 0 unspecified atom stereocenters. The van der Waals surface area contributed by atoms with Gasteiger partial charge in [-0.25, -0.2) is 0 Å². The third-order valence-electron chi connectivity index (χ3n) is 4.33. The standard InChI is InChI=1S/C20H23N3O2/c1-14-12-15(8-9-19(14)23(2)10-11-25-3)21-13-17-16-6-4-5-7-18(16)22-20(17)24/h4-9,12-13,21H,10-11H2,1-3H3,(H,22,24)/b17-13+. The number of rotatable bonds is 6. The highest BCUT2D eigenvalue weighted by Gasteiger charge is 2.23. The lowest BCUT2D eigenvalue weighted by molar-refractivity contribution is -0.110. The fraction of sp³-hybridized carbons (Fsp3) is 0.250. The molecule has 2 aromatic carbocycles. The number of nitrogens with one attached hydrogen (secondary N) is 2. The van der Waals surface area contributed by atoms with Crippen molar-refractivity contribution >= 4 is 28.5 Å². The van der Waals surface area contributed by atoms with Crippen LogP contribution in [0.5, 0.6) is 0 Å². The number of aryl methyl sites for hydroxylation is 1. The molecule has 1 aliphatic rings. The van der Waals surface area contributed by atoms with Crippen molar-refractivity contribution in [3.8, 4) is 0 Å². The smallest absolute Gasteiger partial charge is 0.257 e. The quantitative estimate of drug-likeness (QED) is 0.793. The van der Waals surface area contributed by atoms with Crippen molar-refractivity contribution in [1.29, 1.82) is 0 Å². The number of likely N-dealkylation sites (N-methyl/N-ethyl adjacent to an activating group) is 1. The monoisotopic (exact) mass is 337 g/mol. The first kappa shape index (κ1) is 17.0. The maximum atomic E-state index is 12.1.